The van der Waals surface area contributed by atoms with Crippen LogP contribution in [-0.2, 0) is 5.41 Å². The van der Waals surface area contributed by atoms with E-state index in [4.69, 9.17) is 0 Å². The second-order valence-corrected chi connectivity index (χ2v) is 6.68. The lowest BCUT2D eigenvalue weighted by Gasteiger charge is -2.36. The van der Waals surface area contributed by atoms with Crippen LogP contribution in [0, 0.1) is 0 Å². The van der Waals surface area contributed by atoms with Crippen LogP contribution in [0.3, 0.4) is 0 Å². The van der Waals surface area contributed by atoms with Gasteiger partial charge in [-0.1, -0.05) is 20.8 Å². The third-order valence-corrected chi connectivity index (χ3v) is 3.72. The molecule has 0 aromatic carbocycles. The van der Waals surface area contributed by atoms with E-state index in [2.05, 4.69) is 33.9 Å². The molecule has 1 aliphatic rings. The Kier molecular flexibility index (Phi) is 4.13. The number of carbonyl (C=O) groups is 1. The summed E-state index contributed by atoms with van der Waals surface area (Å²) < 4.78 is 0. The first-order valence-corrected chi connectivity index (χ1v) is 7.25. The Hall–Kier alpha value is -1.43. The van der Waals surface area contributed by atoms with Gasteiger partial charge in [0.25, 0.3) is 5.91 Å². The quantitative estimate of drug-likeness (QED) is 0.885. The zero-order valence-electron chi connectivity index (χ0n) is 13.1. The normalized spacial score (nSPS) is 17.8. The van der Waals surface area contributed by atoms with Crippen molar-refractivity contribution in [3.05, 3.63) is 11.6 Å². The third kappa shape index (κ3) is 3.17. The fraction of sp³-hybridized carbons (Fsp3) is 0.786. The summed E-state index contributed by atoms with van der Waals surface area (Å²) in [5.41, 5.74) is -0.123. The zero-order valence-corrected chi connectivity index (χ0v) is 13.1. The molecule has 6 nitrogen and oxygen atoms in total. The highest BCUT2D eigenvalue weighted by atomic mass is 16.2. The van der Waals surface area contributed by atoms with Gasteiger partial charge in [0.05, 0.1) is 0 Å². The summed E-state index contributed by atoms with van der Waals surface area (Å²) >= 11 is 0. The molecule has 0 radical (unpaired) electrons. The van der Waals surface area contributed by atoms with E-state index in [9.17, 15) is 4.79 Å². The minimum atomic E-state index is -0.123. The Balaban J connectivity index is 2.01. The molecule has 6 heteroatoms. The highest BCUT2D eigenvalue weighted by molar-refractivity contribution is 5.90. The van der Waals surface area contributed by atoms with E-state index in [0.29, 0.717) is 6.04 Å². The zero-order chi connectivity index (χ0) is 14.9. The number of nitrogens with zero attached hydrogens (tertiary/aromatic N) is 4. The van der Waals surface area contributed by atoms with Gasteiger partial charge in [-0.2, -0.15) is 0 Å². The van der Waals surface area contributed by atoms with Crippen molar-refractivity contribution in [1.82, 2.24) is 25.0 Å². The molecule has 1 aliphatic heterocycles. The molecule has 1 saturated heterocycles. The van der Waals surface area contributed by atoms with Gasteiger partial charge in [0.15, 0.2) is 0 Å². The number of hydrogen-bond acceptors (Lipinski definition) is 4. The Morgan fingerprint density at radius 1 is 1.20 bits per heavy atom. The van der Waals surface area contributed by atoms with Gasteiger partial charge in [-0.05, 0) is 13.8 Å². The number of aromatic nitrogens is 3. The Morgan fingerprint density at radius 2 is 1.80 bits per heavy atom. The van der Waals surface area contributed by atoms with Gasteiger partial charge in [0.1, 0.15) is 5.82 Å². The fourth-order valence-corrected chi connectivity index (χ4v) is 2.28. The molecular weight excluding hydrogens is 254 g/mol. The van der Waals surface area contributed by atoms with Crippen LogP contribution < -0.4 is 0 Å². The predicted octanol–water partition coefficient (Wildman–Crippen LogP) is 1.27. The van der Waals surface area contributed by atoms with Crippen LogP contribution in [0.4, 0.5) is 0 Å². The monoisotopic (exact) mass is 279 g/mol. The SMILES string of the molecule is CC(C)N1CCN(C(=O)c2n[nH]c(C(C)(C)C)n2)CC1. The first-order chi connectivity index (χ1) is 9.29. The number of piperazine rings is 1. The van der Waals surface area contributed by atoms with Gasteiger partial charge in [0.2, 0.25) is 5.82 Å². The second kappa shape index (κ2) is 5.52. The standard InChI is InChI=1S/C14H25N5O/c1-10(2)18-6-8-19(9-7-18)12(20)11-15-13(17-16-11)14(3,4)5/h10H,6-9H2,1-5H3,(H,15,16,17). The molecule has 1 N–H and O–H groups in total. The largest absolute Gasteiger partial charge is 0.333 e. The average Bonchev–Trinajstić information content (AvgIpc) is 2.87. The first-order valence-electron chi connectivity index (χ1n) is 7.25. The van der Waals surface area contributed by atoms with Crippen molar-refractivity contribution in [3.63, 3.8) is 0 Å². The Labute approximate surface area is 120 Å². The van der Waals surface area contributed by atoms with Crippen molar-refractivity contribution in [2.45, 2.75) is 46.1 Å². The summed E-state index contributed by atoms with van der Waals surface area (Å²) in [4.78, 5) is 20.9. The number of rotatable bonds is 2. The van der Waals surface area contributed by atoms with Gasteiger partial charge in [-0.25, -0.2) is 4.98 Å². The van der Waals surface area contributed by atoms with Crippen molar-refractivity contribution >= 4 is 5.91 Å². The summed E-state index contributed by atoms with van der Waals surface area (Å²) in [6.07, 6.45) is 0. The van der Waals surface area contributed by atoms with Crippen LogP contribution in [0.25, 0.3) is 0 Å². The van der Waals surface area contributed by atoms with E-state index in [1.54, 1.807) is 0 Å². The molecule has 112 valence electrons. The van der Waals surface area contributed by atoms with Crippen LogP contribution in [0.1, 0.15) is 51.1 Å². The number of H-pyrrole nitrogens is 1. The molecule has 1 aromatic rings. The number of amides is 1. The summed E-state index contributed by atoms with van der Waals surface area (Å²) in [6, 6.07) is 0.531. The van der Waals surface area contributed by atoms with E-state index >= 15 is 0 Å². The van der Waals surface area contributed by atoms with E-state index in [1.807, 2.05) is 25.7 Å². The molecule has 1 fully saturated rings. The van der Waals surface area contributed by atoms with Gasteiger partial charge < -0.3 is 4.90 Å². The maximum absolute atomic E-state index is 12.4. The van der Waals surface area contributed by atoms with Crippen molar-refractivity contribution in [3.8, 4) is 0 Å². The van der Waals surface area contributed by atoms with E-state index in [1.165, 1.54) is 0 Å². The molecule has 0 atom stereocenters. The molecule has 0 bridgehead atoms. The molecule has 2 rings (SSSR count). The Bertz CT molecular complexity index is 466. The maximum Gasteiger partial charge on any atom is 0.293 e. The molecule has 1 amide bonds. The van der Waals surface area contributed by atoms with Crippen LogP contribution >= 0.6 is 0 Å². The number of hydrogen-bond donors (Lipinski definition) is 1. The highest BCUT2D eigenvalue weighted by Gasteiger charge is 2.27. The van der Waals surface area contributed by atoms with Gasteiger partial charge >= 0.3 is 0 Å². The number of carbonyl (C=O) groups excluding carboxylic acids is 1. The fourth-order valence-electron chi connectivity index (χ4n) is 2.28. The average molecular weight is 279 g/mol. The second-order valence-electron chi connectivity index (χ2n) is 6.68. The smallest absolute Gasteiger partial charge is 0.293 e. The first kappa shape index (κ1) is 15.0. The van der Waals surface area contributed by atoms with Crippen molar-refractivity contribution < 1.29 is 4.79 Å². The molecule has 2 heterocycles. The molecule has 0 unspecified atom stereocenters. The number of aromatic amines is 1. The van der Waals surface area contributed by atoms with Crippen molar-refractivity contribution in [2.75, 3.05) is 26.2 Å². The van der Waals surface area contributed by atoms with Gasteiger partial charge in [0, 0.05) is 37.6 Å². The Morgan fingerprint density at radius 3 is 2.25 bits per heavy atom. The summed E-state index contributed by atoms with van der Waals surface area (Å²) in [5, 5.41) is 6.94. The lowest BCUT2D eigenvalue weighted by molar-refractivity contribution is 0.0584. The van der Waals surface area contributed by atoms with Gasteiger partial charge in [-0.3, -0.25) is 14.8 Å². The molecule has 0 saturated carbocycles. The van der Waals surface area contributed by atoms with Crippen LogP contribution in [0.5, 0.6) is 0 Å². The highest BCUT2D eigenvalue weighted by Crippen LogP contribution is 2.18. The number of nitrogens with one attached hydrogen (secondary N) is 1. The predicted molar refractivity (Wildman–Crippen MR) is 77.7 cm³/mol. The van der Waals surface area contributed by atoms with Gasteiger partial charge in [-0.15, -0.1) is 5.10 Å². The van der Waals surface area contributed by atoms with Crippen molar-refractivity contribution in [1.29, 1.82) is 0 Å². The third-order valence-electron chi connectivity index (χ3n) is 3.72. The lowest BCUT2D eigenvalue weighted by atomic mass is 9.96. The van der Waals surface area contributed by atoms with E-state index < -0.39 is 0 Å². The minimum Gasteiger partial charge on any atom is -0.333 e. The van der Waals surface area contributed by atoms with Crippen LogP contribution in [-0.4, -0.2) is 63.1 Å². The van der Waals surface area contributed by atoms with E-state index in [0.717, 1.165) is 32.0 Å². The van der Waals surface area contributed by atoms with E-state index in [-0.39, 0.29) is 17.1 Å². The summed E-state index contributed by atoms with van der Waals surface area (Å²) in [7, 11) is 0. The summed E-state index contributed by atoms with van der Waals surface area (Å²) in [5.74, 6) is 0.967. The van der Waals surface area contributed by atoms with Crippen LogP contribution in [0.2, 0.25) is 0 Å². The molecule has 0 spiro atoms. The maximum atomic E-state index is 12.4. The summed E-state index contributed by atoms with van der Waals surface area (Å²) in [6.45, 7) is 13.8. The molecular formula is C14H25N5O. The minimum absolute atomic E-state index is 0.0693. The topological polar surface area (TPSA) is 65.1 Å². The van der Waals surface area contributed by atoms with Crippen LogP contribution in [0.15, 0.2) is 0 Å². The molecule has 0 aliphatic carbocycles. The lowest BCUT2D eigenvalue weighted by Crippen LogP contribution is -2.50. The van der Waals surface area contributed by atoms with Crippen molar-refractivity contribution in [2.24, 2.45) is 0 Å². The molecule has 20 heavy (non-hydrogen) atoms. The molecule has 1 aromatic heterocycles.